The highest BCUT2D eigenvalue weighted by atomic mass is 32.1. The zero-order valence-electron chi connectivity index (χ0n) is 14.2. The highest BCUT2D eigenvalue weighted by Crippen LogP contribution is 2.28. The third-order valence-corrected chi connectivity index (χ3v) is 4.10. The number of thiazole rings is 1. The molecule has 0 bridgehead atoms. The molecule has 1 aromatic heterocycles. The monoisotopic (exact) mass is 346 g/mol. The molecule has 0 radical (unpaired) electrons. The van der Waals surface area contributed by atoms with E-state index in [0.29, 0.717) is 22.5 Å². The van der Waals surface area contributed by atoms with E-state index < -0.39 is 0 Å². The molecule has 5 nitrogen and oxygen atoms in total. The van der Waals surface area contributed by atoms with Crippen molar-refractivity contribution in [2.45, 2.75) is 26.2 Å². The van der Waals surface area contributed by atoms with Crippen molar-refractivity contribution in [1.82, 2.24) is 4.98 Å². The third kappa shape index (κ3) is 4.83. The lowest BCUT2D eigenvalue weighted by molar-refractivity contribution is -0.118. The van der Waals surface area contributed by atoms with Crippen molar-refractivity contribution >= 4 is 22.4 Å². The molecule has 2 aromatic rings. The SMILES string of the molecule is C=CCc1ccc(OCC(=O)Nc2nc(C(C)C)cs2)c(OC)c1. The van der Waals surface area contributed by atoms with E-state index in [1.165, 1.54) is 11.3 Å². The van der Waals surface area contributed by atoms with E-state index in [9.17, 15) is 4.79 Å². The summed E-state index contributed by atoms with van der Waals surface area (Å²) >= 11 is 1.41. The van der Waals surface area contributed by atoms with Gasteiger partial charge in [0.1, 0.15) is 0 Å². The van der Waals surface area contributed by atoms with Crippen LogP contribution in [0.3, 0.4) is 0 Å². The lowest BCUT2D eigenvalue weighted by Gasteiger charge is -2.11. The molecule has 0 saturated carbocycles. The van der Waals surface area contributed by atoms with E-state index in [2.05, 4.69) is 30.7 Å². The van der Waals surface area contributed by atoms with Crippen molar-refractivity contribution in [3.8, 4) is 11.5 Å². The largest absolute Gasteiger partial charge is 0.493 e. The second kappa shape index (κ2) is 8.49. The Morgan fingerprint density at radius 1 is 1.42 bits per heavy atom. The summed E-state index contributed by atoms with van der Waals surface area (Å²) in [6.45, 7) is 7.74. The molecule has 24 heavy (non-hydrogen) atoms. The molecule has 0 aliphatic rings. The summed E-state index contributed by atoms with van der Waals surface area (Å²) in [5.41, 5.74) is 2.04. The number of allylic oxidation sites excluding steroid dienone is 1. The molecule has 1 amide bonds. The number of benzene rings is 1. The second-order valence-corrected chi connectivity index (χ2v) is 6.41. The van der Waals surface area contributed by atoms with E-state index in [4.69, 9.17) is 9.47 Å². The highest BCUT2D eigenvalue weighted by molar-refractivity contribution is 7.13. The van der Waals surface area contributed by atoms with Gasteiger partial charge in [0, 0.05) is 5.38 Å². The van der Waals surface area contributed by atoms with E-state index in [0.717, 1.165) is 17.7 Å². The van der Waals surface area contributed by atoms with Crippen molar-refractivity contribution in [2.75, 3.05) is 19.0 Å². The minimum atomic E-state index is -0.253. The van der Waals surface area contributed by atoms with Crippen LogP contribution in [0, 0.1) is 0 Å². The summed E-state index contributed by atoms with van der Waals surface area (Å²) in [4.78, 5) is 16.4. The quantitative estimate of drug-likeness (QED) is 0.733. The number of aromatic nitrogens is 1. The van der Waals surface area contributed by atoms with Crippen LogP contribution in [0.5, 0.6) is 11.5 Å². The van der Waals surface area contributed by atoms with Gasteiger partial charge in [-0.25, -0.2) is 4.98 Å². The molecule has 0 atom stereocenters. The fraction of sp³-hybridized carbons (Fsp3) is 0.333. The van der Waals surface area contributed by atoms with Gasteiger partial charge in [-0.05, 0) is 30.0 Å². The van der Waals surface area contributed by atoms with Gasteiger partial charge in [0.2, 0.25) is 0 Å². The number of nitrogens with zero attached hydrogens (tertiary/aromatic N) is 1. The molecule has 1 N–H and O–H groups in total. The van der Waals surface area contributed by atoms with Crippen molar-refractivity contribution in [2.24, 2.45) is 0 Å². The van der Waals surface area contributed by atoms with Crippen LogP contribution in [-0.2, 0) is 11.2 Å². The molecule has 0 spiro atoms. The van der Waals surface area contributed by atoms with Gasteiger partial charge in [0.05, 0.1) is 12.8 Å². The number of carbonyl (C=O) groups is 1. The number of nitrogens with one attached hydrogen (secondary N) is 1. The Morgan fingerprint density at radius 2 is 2.21 bits per heavy atom. The fourth-order valence-corrected chi connectivity index (χ4v) is 2.92. The first-order valence-electron chi connectivity index (χ1n) is 7.69. The molecular weight excluding hydrogens is 324 g/mol. The predicted octanol–water partition coefficient (Wildman–Crippen LogP) is 4.02. The summed E-state index contributed by atoms with van der Waals surface area (Å²) in [6, 6.07) is 5.60. The summed E-state index contributed by atoms with van der Waals surface area (Å²) in [6.07, 6.45) is 2.57. The first-order chi connectivity index (χ1) is 11.5. The van der Waals surface area contributed by atoms with Crippen LogP contribution < -0.4 is 14.8 Å². The van der Waals surface area contributed by atoms with E-state index in [-0.39, 0.29) is 12.5 Å². The number of anilines is 1. The van der Waals surface area contributed by atoms with Crippen LogP contribution in [0.2, 0.25) is 0 Å². The lowest BCUT2D eigenvalue weighted by atomic mass is 10.1. The normalized spacial score (nSPS) is 10.5. The Hall–Kier alpha value is -2.34. The maximum absolute atomic E-state index is 12.0. The maximum atomic E-state index is 12.0. The molecular formula is C18H22N2O3S. The number of amides is 1. The van der Waals surface area contributed by atoms with Crippen LogP contribution in [0.1, 0.15) is 31.0 Å². The first kappa shape index (κ1) is 18.0. The minimum Gasteiger partial charge on any atom is -0.493 e. The Labute approximate surface area is 146 Å². The molecule has 0 aliphatic carbocycles. The van der Waals surface area contributed by atoms with Gasteiger partial charge >= 0.3 is 0 Å². The van der Waals surface area contributed by atoms with Gasteiger partial charge in [-0.3, -0.25) is 10.1 Å². The molecule has 0 saturated heterocycles. The van der Waals surface area contributed by atoms with Crippen molar-refractivity contribution in [3.05, 3.63) is 47.5 Å². The van der Waals surface area contributed by atoms with E-state index in [1.54, 1.807) is 13.2 Å². The Balaban J connectivity index is 1.94. The van der Waals surface area contributed by atoms with Gasteiger partial charge in [-0.1, -0.05) is 26.0 Å². The van der Waals surface area contributed by atoms with Gasteiger partial charge in [-0.2, -0.15) is 0 Å². The molecule has 2 rings (SSSR count). The first-order valence-corrected chi connectivity index (χ1v) is 8.57. The minimum absolute atomic E-state index is 0.103. The van der Waals surface area contributed by atoms with E-state index >= 15 is 0 Å². The molecule has 0 unspecified atom stereocenters. The lowest BCUT2D eigenvalue weighted by Crippen LogP contribution is -2.20. The summed E-state index contributed by atoms with van der Waals surface area (Å²) in [5, 5.41) is 5.28. The smallest absolute Gasteiger partial charge is 0.264 e. The number of rotatable bonds is 8. The average molecular weight is 346 g/mol. The standard InChI is InChI=1S/C18H22N2O3S/c1-5-6-13-7-8-15(16(9-13)22-4)23-10-17(21)20-18-19-14(11-24-18)12(2)3/h5,7-9,11-12H,1,6,10H2,2-4H3,(H,19,20,21). The van der Waals surface area contributed by atoms with Crippen molar-refractivity contribution < 1.29 is 14.3 Å². The Kier molecular flexibility index (Phi) is 6.37. The fourth-order valence-electron chi connectivity index (χ4n) is 2.03. The molecule has 1 heterocycles. The van der Waals surface area contributed by atoms with E-state index in [1.807, 2.05) is 23.6 Å². The molecule has 0 fully saturated rings. The summed E-state index contributed by atoms with van der Waals surface area (Å²) < 4.78 is 10.9. The predicted molar refractivity (Wildman–Crippen MR) is 97.2 cm³/mol. The molecule has 0 aliphatic heterocycles. The van der Waals surface area contributed by atoms with Crippen LogP contribution in [0.4, 0.5) is 5.13 Å². The molecule has 128 valence electrons. The van der Waals surface area contributed by atoms with Crippen LogP contribution in [0.25, 0.3) is 0 Å². The summed E-state index contributed by atoms with van der Waals surface area (Å²) in [7, 11) is 1.57. The van der Waals surface area contributed by atoms with Gasteiger partial charge in [0.15, 0.2) is 23.2 Å². The second-order valence-electron chi connectivity index (χ2n) is 5.55. The third-order valence-electron chi connectivity index (χ3n) is 3.33. The Bertz CT molecular complexity index is 710. The van der Waals surface area contributed by atoms with Gasteiger partial charge < -0.3 is 9.47 Å². The molecule has 6 heteroatoms. The van der Waals surface area contributed by atoms with Gasteiger partial charge in [-0.15, -0.1) is 17.9 Å². The highest BCUT2D eigenvalue weighted by Gasteiger charge is 2.11. The van der Waals surface area contributed by atoms with Crippen LogP contribution in [0.15, 0.2) is 36.2 Å². The zero-order valence-corrected chi connectivity index (χ0v) is 15.0. The van der Waals surface area contributed by atoms with Crippen molar-refractivity contribution in [3.63, 3.8) is 0 Å². The van der Waals surface area contributed by atoms with Crippen molar-refractivity contribution in [1.29, 1.82) is 0 Å². The topological polar surface area (TPSA) is 60.5 Å². The van der Waals surface area contributed by atoms with Crippen LogP contribution >= 0.6 is 11.3 Å². The summed E-state index contributed by atoms with van der Waals surface area (Å²) in [5.74, 6) is 1.21. The molecule has 1 aromatic carbocycles. The van der Waals surface area contributed by atoms with Crippen LogP contribution in [-0.4, -0.2) is 24.6 Å². The number of ether oxygens (including phenoxy) is 2. The van der Waals surface area contributed by atoms with Gasteiger partial charge in [0.25, 0.3) is 5.91 Å². The number of hydrogen-bond acceptors (Lipinski definition) is 5. The number of methoxy groups -OCH3 is 1. The Morgan fingerprint density at radius 3 is 2.83 bits per heavy atom. The number of carbonyl (C=O) groups excluding carboxylic acids is 1. The average Bonchev–Trinajstić information content (AvgIpc) is 3.02. The maximum Gasteiger partial charge on any atom is 0.264 e. The number of hydrogen-bond donors (Lipinski definition) is 1. The zero-order chi connectivity index (χ0) is 17.5.